The van der Waals surface area contributed by atoms with Gasteiger partial charge in [0.05, 0.1) is 16.8 Å². The van der Waals surface area contributed by atoms with Crippen molar-refractivity contribution < 1.29 is 14.3 Å². The number of carbonyl (C=O) groups excluding carboxylic acids is 1. The predicted molar refractivity (Wildman–Crippen MR) is 109 cm³/mol. The van der Waals surface area contributed by atoms with Crippen molar-refractivity contribution in [2.24, 2.45) is 4.99 Å². The number of hydrogen-bond acceptors (Lipinski definition) is 4. The number of carbonyl (C=O) groups is 1. The lowest BCUT2D eigenvalue weighted by Gasteiger charge is -2.06. The van der Waals surface area contributed by atoms with Gasteiger partial charge in [-0.05, 0) is 61.4 Å². The SMILES string of the molecule is COCCn1c(=NC(=O)COc2ccc(Cl)cc2)sc2cc(C)c(C)cc21. The second-order valence-corrected chi connectivity index (χ2v) is 7.63. The summed E-state index contributed by atoms with van der Waals surface area (Å²) in [7, 11) is 1.66. The molecule has 0 unspecified atom stereocenters. The summed E-state index contributed by atoms with van der Waals surface area (Å²) in [5.74, 6) is 0.244. The highest BCUT2D eigenvalue weighted by Gasteiger charge is 2.10. The van der Waals surface area contributed by atoms with Crippen molar-refractivity contribution in [3.05, 3.63) is 57.3 Å². The van der Waals surface area contributed by atoms with Gasteiger partial charge in [0, 0.05) is 18.7 Å². The van der Waals surface area contributed by atoms with Crippen LogP contribution in [0.25, 0.3) is 10.2 Å². The van der Waals surface area contributed by atoms with E-state index in [0.29, 0.717) is 28.7 Å². The van der Waals surface area contributed by atoms with Gasteiger partial charge in [-0.3, -0.25) is 4.79 Å². The van der Waals surface area contributed by atoms with Crippen LogP contribution in [0.5, 0.6) is 5.75 Å². The lowest BCUT2D eigenvalue weighted by atomic mass is 10.1. The van der Waals surface area contributed by atoms with Gasteiger partial charge in [-0.15, -0.1) is 0 Å². The third-order valence-electron chi connectivity index (χ3n) is 4.21. The molecule has 0 bridgehead atoms. The topological polar surface area (TPSA) is 52.8 Å². The molecule has 0 N–H and O–H groups in total. The second kappa shape index (κ2) is 8.69. The number of methoxy groups -OCH3 is 1. The van der Waals surface area contributed by atoms with Gasteiger partial charge in [0.2, 0.25) is 0 Å². The lowest BCUT2D eigenvalue weighted by Crippen LogP contribution is -2.21. The van der Waals surface area contributed by atoms with Crippen LogP contribution in [-0.2, 0) is 16.1 Å². The van der Waals surface area contributed by atoms with Crippen LogP contribution < -0.4 is 9.54 Å². The van der Waals surface area contributed by atoms with Crippen LogP contribution in [0.2, 0.25) is 5.02 Å². The Labute approximate surface area is 166 Å². The third kappa shape index (κ3) is 4.77. The highest BCUT2D eigenvalue weighted by Crippen LogP contribution is 2.22. The smallest absolute Gasteiger partial charge is 0.286 e. The van der Waals surface area contributed by atoms with Gasteiger partial charge in [0.1, 0.15) is 5.75 Å². The number of nitrogens with zero attached hydrogens (tertiary/aromatic N) is 2. The normalized spacial score (nSPS) is 11.9. The Balaban J connectivity index is 1.88. The number of aryl methyl sites for hydroxylation is 2. The van der Waals surface area contributed by atoms with Crippen molar-refractivity contribution in [3.8, 4) is 5.75 Å². The number of ether oxygens (including phenoxy) is 2. The number of fused-ring (bicyclic) bond motifs is 1. The van der Waals surface area contributed by atoms with Crippen LogP contribution in [-0.4, -0.2) is 30.8 Å². The zero-order valence-electron chi connectivity index (χ0n) is 15.5. The van der Waals surface area contributed by atoms with Crippen LogP contribution >= 0.6 is 22.9 Å². The molecule has 0 saturated heterocycles. The summed E-state index contributed by atoms with van der Waals surface area (Å²) in [6.07, 6.45) is 0. The van der Waals surface area contributed by atoms with Crippen LogP contribution in [0.4, 0.5) is 0 Å². The molecule has 1 amide bonds. The molecule has 142 valence electrons. The predicted octanol–water partition coefficient (Wildman–Crippen LogP) is 4.13. The Morgan fingerprint density at radius 2 is 1.89 bits per heavy atom. The van der Waals surface area contributed by atoms with Crippen molar-refractivity contribution in [2.75, 3.05) is 20.3 Å². The molecule has 5 nitrogen and oxygen atoms in total. The minimum absolute atomic E-state index is 0.127. The number of thiazole rings is 1. The molecule has 1 heterocycles. The number of aromatic nitrogens is 1. The van der Waals surface area contributed by atoms with Crippen molar-refractivity contribution in [2.45, 2.75) is 20.4 Å². The fourth-order valence-electron chi connectivity index (χ4n) is 2.62. The molecule has 0 saturated carbocycles. The van der Waals surface area contributed by atoms with E-state index in [2.05, 4.69) is 31.0 Å². The minimum atomic E-state index is -0.337. The Morgan fingerprint density at radius 3 is 2.59 bits per heavy atom. The van der Waals surface area contributed by atoms with E-state index in [-0.39, 0.29) is 12.5 Å². The maximum atomic E-state index is 12.3. The largest absolute Gasteiger partial charge is 0.484 e. The minimum Gasteiger partial charge on any atom is -0.484 e. The molecule has 7 heteroatoms. The molecule has 3 rings (SSSR count). The summed E-state index contributed by atoms with van der Waals surface area (Å²) >= 11 is 7.35. The molecule has 0 radical (unpaired) electrons. The molecular formula is C20H21ClN2O3S. The Morgan fingerprint density at radius 1 is 1.19 bits per heavy atom. The summed E-state index contributed by atoms with van der Waals surface area (Å²) in [4.78, 5) is 17.3. The van der Waals surface area contributed by atoms with Crippen LogP contribution in [0.1, 0.15) is 11.1 Å². The van der Waals surface area contributed by atoms with E-state index in [4.69, 9.17) is 21.1 Å². The average molecular weight is 405 g/mol. The van der Waals surface area contributed by atoms with Gasteiger partial charge in [-0.1, -0.05) is 22.9 Å². The fraction of sp³-hybridized carbons (Fsp3) is 0.300. The van der Waals surface area contributed by atoms with E-state index in [1.165, 1.54) is 22.5 Å². The first-order chi connectivity index (χ1) is 13.0. The number of halogens is 1. The summed E-state index contributed by atoms with van der Waals surface area (Å²) in [5, 5.41) is 0.619. The molecular weight excluding hydrogens is 384 g/mol. The quantitative estimate of drug-likeness (QED) is 0.620. The molecule has 0 fully saturated rings. The molecule has 0 aliphatic heterocycles. The maximum Gasteiger partial charge on any atom is 0.286 e. The standard InChI is InChI=1S/C20H21ClN2O3S/c1-13-10-17-18(11-14(13)2)27-20(23(17)8-9-25-3)22-19(24)12-26-16-6-4-15(21)5-7-16/h4-7,10-11H,8-9,12H2,1-3H3. The summed E-state index contributed by atoms with van der Waals surface area (Å²) in [5.41, 5.74) is 3.48. The number of hydrogen-bond donors (Lipinski definition) is 0. The zero-order chi connectivity index (χ0) is 19.4. The highest BCUT2D eigenvalue weighted by molar-refractivity contribution is 7.16. The van der Waals surface area contributed by atoms with Crippen molar-refractivity contribution >= 4 is 39.1 Å². The van der Waals surface area contributed by atoms with Crippen molar-refractivity contribution in [3.63, 3.8) is 0 Å². The molecule has 0 atom stereocenters. The van der Waals surface area contributed by atoms with Gasteiger partial charge < -0.3 is 14.0 Å². The van der Waals surface area contributed by atoms with Crippen LogP contribution in [0, 0.1) is 13.8 Å². The maximum absolute atomic E-state index is 12.3. The van der Waals surface area contributed by atoms with E-state index < -0.39 is 0 Å². The Hall–Kier alpha value is -2.15. The molecule has 0 aliphatic carbocycles. The lowest BCUT2D eigenvalue weighted by molar-refractivity contribution is -0.120. The fourth-order valence-corrected chi connectivity index (χ4v) is 3.90. The first-order valence-corrected chi connectivity index (χ1v) is 9.73. The molecule has 27 heavy (non-hydrogen) atoms. The van der Waals surface area contributed by atoms with E-state index in [9.17, 15) is 4.79 Å². The van der Waals surface area contributed by atoms with Crippen molar-refractivity contribution in [1.29, 1.82) is 0 Å². The first-order valence-electron chi connectivity index (χ1n) is 8.53. The Kier molecular flexibility index (Phi) is 6.31. The summed E-state index contributed by atoms with van der Waals surface area (Å²) < 4.78 is 13.8. The van der Waals surface area contributed by atoms with Crippen LogP contribution in [0.3, 0.4) is 0 Å². The molecule has 1 aromatic heterocycles. The summed E-state index contributed by atoms with van der Waals surface area (Å²) in [6, 6.07) is 11.1. The van der Waals surface area contributed by atoms with E-state index in [1.807, 2.05) is 4.57 Å². The molecule has 0 spiro atoms. The Bertz CT molecular complexity index is 1020. The first kappa shape index (κ1) is 19.6. The number of rotatable bonds is 6. The van der Waals surface area contributed by atoms with Gasteiger partial charge in [-0.25, -0.2) is 0 Å². The van der Waals surface area contributed by atoms with E-state index in [0.717, 1.165) is 10.2 Å². The van der Waals surface area contributed by atoms with Gasteiger partial charge >= 0.3 is 0 Å². The third-order valence-corrected chi connectivity index (χ3v) is 5.51. The van der Waals surface area contributed by atoms with E-state index in [1.54, 1.807) is 31.4 Å². The zero-order valence-corrected chi connectivity index (χ0v) is 17.1. The van der Waals surface area contributed by atoms with Crippen molar-refractivity contribution in [1.82, 2.24) is 4.57 Å². The van der Waals surface area contributed by atoms with Gasteiger partial charge in [-0.2, -0.15) is 4.99 Å². The highest BCUT2D eigenvalue weighted by atomic mass is 35.5. The van der Waals surface area contributed by atoms with Gasteiger partial charge in [0.25, 0.3) is 5.91 Å². The summed E-state index contributed by atoms with van der Waals surface area (Å²) in [6.45, 7) is 5.20. The van der Waals surface area contributed by atoms with E-state index >= 15 is 0 Å². The van der Waals surface area contributed by atoms with Gasteiger partial charge in [0.15, 0.2) is 11.4 Å². The molecule has 2 aromatic carbocycles. The molecule has 0 aliphatic rings. The second-order valence-electron chi connectivity index (χ2n) is 6.18. The molecule has 3 aromatic rings. The van der Waals surface area contributed by atoms with Crippen LogP contribution in [0.15, 0.2) is 41.4 Å². The number of benzene rings is 2. The average Bonchev–Trinajstić information content (AvgIpc) is 2.96. The monoisotopic (exact) mass is 404 g/mol. The number of amides is 1.